The number of H-pyrrole nitrogens is 1. The summed E-state index contributed by atoms with van der Waals surface area (Å²) in [5.74, 6) is -0.691. The molecule has 0 unspecified atom stereocenters. The molecule has 4 N–H and O–H groups in total. The molecule has 1 heterocycles. The van der Waals surface area contributed by atoms with Crippen LogP contribution in [0.1, 0.15) is 32.8 Å². The predicted octanol–water partition coefficient (Wildman–Crippen LogP) is 3.64. The molecule has 1 aliphatic rings. The fraction of sp³-hybridized carbons (Fsp3) is 0.529. The number of alkyl halides is 3. The molecule has 1 fully saturated rings. The zero-order valence-electron chi connectivity index (χ0n) is 15.1. The van der Waals surface area contributed by atoms with Gasteiger partial charge in [0.2, 0.25) is 5.89 Å². The van der Waals surface area contributed by atoms with E-state index in [1.54, 1.807) is 0 Å². The van der Waals surface area contributed by atoms with Gasteiger partial charge >= 0.3 is 11.9 Å². The van der Waals surface area contributed by atoms with Gasteiger partial charge in [-0.15, -0.1) is 17.5 Å². The number of anilines is 1. The first kappa shape index (κ1) is 21.3. The third kappa shape index (κ3) is 3.98. The summed E-state index contributed by atoms with van der Waals surface area (Å²) >= 11 is 0. The van der Waals surface area contributed by atoms with Crippen molar-refractivity contribution in [2.75, 3.05) is 5.32 Å². The second-order valence-electron chi connectivity index (χ2n) is 7.38. The molecule has 0 spiro atoms. The minimum atomic E-state index is -4.52. The van der Waals surface area contributed by atoms with E-state index in [2.05, 4.69) is 15.5 Å². The number of rotatable bonds is 4. The molecular weight excluding hydrogens is 385 g/mol. The number of benzene rings is 1. The maximum Gasteiger partial charge on any atom is 0.434 e. The molecular formula is C17H22ClF3N4O2. The highest BCUT2D eigenvalue weighted by Gasteiger charge is 2.48. The van der Waals surface area contributed by atoms with Crippen LogP contribution in [0.2, 0.25) is 0 Å². The lowest BCUT2D eigenvalue weighted by atomic mass is 9.56. The molecule has 3 rings (SSSR count). The van der Waals surface area contributed by atoms with Crippen LogP contribution < -0.4 is 16.8 Å². The van der Waals surface area contributed by atoms with Crippen LogP contribution in [0.5, 0.6) is 0 Å². The van der Waals surface area contributed by atoms with Crippen molar-refractivity contribution in [3.8, 4) is 11.5 Å². The van der Waals surface area contributed by atoms with Crippen molar-refractivity contribution in [3.63, 3.8) is 0 Å². The van der Waals surface area contributed by atoms with E-state index >= 15 is 0 Å². The van der Waals surface area contributed by atoms with Crippen LogP contribution in [0.4, 0.5) is 18.9 Å². The van der Waals surface area contributed by atoms with Gasteiger partial charge in [-0.1, -0.05) is 13.8 Å². The smallest absolute Gasteiger partial charge is 0.388 e. The number of hydrogen-bond acceptors (Lipinski definition) is 5. The minimum Gasteiger partial charge on any atom is -0.388 e. The van der Waals surface area contributed by atoms with Crippen molar-refractivity contribution in [3.05, 3.63) is 34.3 Å². The van der Waals surface area contributed by atoms with E-state index in [1.807, 2.05) is 20.8 Å². The van der Waals surface area contributed by atoms with Crippen LogP contribution in [0.3, 0.4) is 0 Å². The topological polar surface area (TPSA) is 96.9 Å². The summed E-state index contributed by atoms with van der Waals surface area (Å²) in [6.07, 6.45) is -3.77. The first-order chi connectivity index (χ1) is 12.0. The fourth-order valence-corrected chi connectivity index (χ4v) is 3.59. The van der Waals surface area contributed by atoms with E-state index in [1.165, 1.54) is 12.1 Å². The normalized spacial score (nSPS) is 22.5. The van der Waals surface area contributed by atoms with E-state index in [0.29, 0.717) is 0 Å². The average Bonchev–Trinajstić information content (AvgIpc) is 2.97. The lowest BCUT2D eigenvalue weighted by Crippen LogP contribution is -2.59. The number of halogens is 4. The van der Waals surface area contributed by atoms with Gasteiger partial charge in [0.1, 0.15) is 0 Å². The Morgan fingerprint density at radius 2 is 2.07 bits per heavy atom. The molecule has 0 radical (unpaired) electrons. The molecule has 1 aliphatic carbocycles. The highest BCUT2D eigenvalue weighted by Crippen LogP contribution is 2.48. The molecule has 0 bridgehead atoms. The van der Waals surface area contributed by atoms with Gasteiger partial charge in [-0.05, 0) is 42.9 Å². The second-order valence-corrected chi connectivity index (χ2v) is 7.38. The summed E-state index contributed by atoms with van der Waals surface area (Å²) in [6, 6.07) is 3.29. The van der Waals surface area contributed by atoms with E-state index < -0.39 is 17.5 Å². The summed E-state index contributed by atoms with van der Waals surface area (Å²) in [6.45, 7) is 5.88. The highest BCUT2D eigenvalue weighted by atomic mass is 35.5. The first-order valence-corrected chi connectivity index (χ1v) is 8.29. The molecule has 6 nitrogen and oxygen atoms in total. The van der Waals surface area contributed by atoms with Crippen LogP contribution in [0, 0.1) is 11.3 Å². The van der Waals surface area contributed by atoms with Crippen molar-refractivity contribution in [2.24, 2.45) is 17.1 Å². The van der Waals surface area contributed by atoms with Crippen LogP contribution in [0.15, 0.2) is 27.4 Å². The zero-order valence-corrected chi connectivity index (χ0v) is 15.9. The lowest BCUT2D eigenvalue weighted by molar-refractivity contribution is -0.137. The highest BCUT2D eigenvalue weighted by molar-refractivity contribution is 5.85. The second kappa shape index (κ2) is 7.20. The minimum absolute atomic E-state index is 0. The zero-order chi connectivity index (χ0) is 19.3. The Labute approximate surface area is 160 Å². The van der Waals surface area contributed by atoms with Crippen molar-refractivity contribution in [1.82, 2.24) is 10.2 Å². The van der Waals surface area contributed by atoms with Crippen LogP contribution in [-0.2, 0) is 6.18 Å². The van der Waals surface area contributed by atoms with Crippen molar-refractivity contribution in [1.29, 1.82) is 0 Å². The molecule has 10 heteroatoms. The largest absolute Gasteiger partial charge is 0.434 e. The first-order valence-electron chi connectivity index (χ1n) is 8.29. The predicted molar refractivity (Wildman–Crippen MR) is 97.8 cm³/mol. The Kier molecular flexibility index (Phi) is 5.68. The molecule has 2 aromatic rings. The maximum absolute atomic E-state index is 13.4. The molecule has 1 saturated carbocycles. The number of nitrogens with two attached hydrogens (primary N) is 1. The Morgan fingerprint density at radius 3 is 2.56 bits per heavy atom. The van der Waals surface area contributed by atoms with Crippen molar-refractivity contribution < 1.29 is 17.6 Å². The quantitative estimate of drug-likeness (QED) is 0.720. The molecule has 1 aromatic heterocycles. The number of nitrogens with one attached hydrogen (secondary N) is 2. The van der Waals surface area contributed by atoms with Crippen molar-refractivity contribution >= 4 is 18.1 Å². The molecule has 0 aliphatic heterocycles. The standard InChI is InChI=1S/C17H21F3N4O2.ClH/c1-8(11-7-13(21)16(11,2)3)22-12-6-9(14-23-24-15(25)26-14)4-5-10(12)17(18,19)20;/h4-6,8,11,13,22H,7,21H2,1-3H3,(H,24,25);1H/t8-,11+,13+;/m0./s1. The third-order valence-electron chi connectivity index (χ3n) is 5.42. The molecule has 0 amide bonds. The van der Waals surface area contributed by atoms with Gasteiger partial charge in [0.05, 0.1) is 5.56 Å². The molecule has 1 aromatic carbocycles. The van der Waals surface area contributed by atoms with Crippen LogP contribution >= 0.6 is 12.4 Å². The van der Waals surface area contributed by atoms with Crippen LogP contribution in [-0.4, -0.2) is 22.3 Å². The molecule has 27 heavy (non-hydrogen) atoms. The van der Waals surface area contributed by atoms with Gasteiger partial charge in [-0.25, -0.2) is 9.89 Å². The summed E-state index contributed by atoms with van der Waals surface area (Å²) in [5, 5.41) is 8.74. The maximum atomic E-state index is 13.4. The van der Waals surface area contributed by atoms with E-state index in [-0.39, 0.29) is 53.0 Å². The number of aromatic nitrogens is 2. The van der Waals surface area contributed by atoms with Crippen molar-refractivity contribution in [2.45, 2.75) is 45.5 Å². The summed E-state index contributed by atoms with van der Waals surface area (Å²) in [4.78, 5) is 11.1. The van der Waals surface area contributed by atoms with E-state index in [4.69, 9.17) is 10.2 Å². The van der Waals surface area contributed by atoms with Gasteiger partial charge in [-0.3, -0.25) is 0 Å². The Hall–Kier alpha value is -2.00. The van der Waals surface area contributed by atoms with Gasteiger partial charge in [0, 0.05) is 23.3 Å². The summed E-state index contributed by atoms with van der Waals surface area (Å²) in [7, 11) is 0. The van der Waals surface area contributed by atoms with Gasteiger partial charge in [0.15, 0.2) is 0 Å². The Balaban J connectivity index is 0.00000261. The molecule has 150 valence electrons. The number of hydrogen-bond donors (Lipinski definition) is 3. The SMILES string of the molecule is C[C@H](Nc1cc(-c2n[nH]c(=O)o2)ccc1C(F)(F)F)[C@H]1C[C@@H](N)C1(C)C.Cl. The van der Waals surface area contributed by atoms with Gasteiger partial charge in [-0.2, -0.15) is 13.2 Å². The number of aromatic amines is 1. The van der Waals surface area contributed by atoms with Crippen LogP contribution in [0.25, 0.3) is 11.5 Å². The third-order valence-corrected chi connectivity index (χ3v) is 5.42. The fourth-order valence-electron chi connectivity index (χ4n) is 3.59. The lowest BCUT2D eigenvalue weighted by Gasteiger charge is -2.53. The van der Waals surface area contributed by atoms with Gasteiger partial charge < -0.3 is 15.5 Å². The van der Waals surface area contributed by atoms with Gasteiger partial charge in [0.25, 0.3) is 0 Å². The molecule has 3 atom stereocenters. The summed E-state index contributed by atoms with van der Waals surface area (Å²) < 4.78 is 45.0. The summed E-state index contributed by atoms with van der Waals surface area (Å²) in [5.41, 5.74) is 5.27. The Morgan fingerprint density at radius 1 is 1.41 bits per heavy atom. The monoisotopic (exact) mass is 406 g/mol. The molecule has 0 saturated heterocycles. The Bertz CT molecular complexity index is 862. The number of nitrogens with zero attached hydrogens (tertiary/aromatic N) is 1. The van der Waals surface area contributed by atoms with E-state index in [9.17, 15) is 18.0 Å². The average molecular weight is 407 g/mol. The van der Waals surface area contributed by atoms with E-state index in [0.717, 1.165) is 12.5 Å².